The maximum atomic E-state index is 12.9. The Balaban J connectivity index is 1.76. The molecule has 3 heterocycles. The first-order valence-electron chi connectivity index (χ1n) is 10.7. The van der Waals surface area contributed by atoms with Gasteiger partial charge in [0.25, 0.3) is 5.56 Å². The number of alkyl halides is 3. The molecule has 0 amide bonds. The summed E-state index contributed by atoms with van der Waals surface area (Å²) in [6, 6.07) is 1.93. The van der Waals surface area contributed by atoms with Gasteiger partial charge in [-0.05, 0) is 18.6 Å². The van der Waals surface area contributed by atoms with Crippen molar-refractivity contribution in [1.82, 2.24) is 29.5 Å². The van der Waals surface area contributed by atoms with Crippen LogP contribution in [0.25, 0.3) is 11.0 Å². The molecule has 0 saturated carbocycles. The lowest BCUT2D eigenvalue weighted by Gasteiger charge is -2.12. The summed E-state index contributed by atoms with van der Waals surface area (Å²) in [5.74, 6) is 0.356. The van der Waals surface area contributed by atoms with E-state index in [4.69, 9.17) is 0 Å². The van der Waals surface area contributed by atoms with Gasteiger partial charge in [-0.15, -0.1) is 5.10 Å². The molecular weight excluding hydrogens is 409 g/mol. The van der Waals surface area contributed by atoms with E-state index in [0.717, 1.165) is 31.5 Å². The van der Waals surface area contributed by atoms with Gasteiger partial charge in [0.1, 0.15) is 17.2 Å². The smallest absolute Gasteiger partial charge is 0.290 e. The summed E-state index contributed by atoms with van der Waals surface area (Å²) in [4.78, 5) is 20.7. The number of unbranched alkanes of at least 4 members (excludes halogenated alkanes) is 5. The van der Waals surface area contributed by atoms with Gasteiger partial charge in [-0.2, -0.15) is 13.2 Å². The Kier molecular flexibility index (Phi) is 7.40. The van der Waals surface area contributed by atoms with E-state index in [-0.39, 0.29) is 17.6 Å². The number of pyridine rings is 1. The van der Waals surface area contributed by atoms with Gasteiger partial charge < -0.3 is 0 Å². The van der Waals surface area contributed by atoms with Crippen LogP contribution in [-0.2, 0) is 25.7 Å². The quantitative estimate of drug-likeness (QED) is 0.441. The fourth-order valence-corrected chi connectivity index (χ4v) is 3.47. The number of fused-ring (bicyclic) bond motifs is 1. The van der Waals surface area contributed by atoms with Crippen LogP contribution in [0.2, 0.25) is 0 Å². The van der Waals surface area contributed by atoms with Gasteiger partial charge in [-0.1, -0.05) is 51.2 Å². The Morgan fingerprint density at radius 3 is 2.45 bits per heavy atom. The highest BCUT2D eigenvalue weighted by molar-refractivity contribution is 5.73. The van der Waals surface area contributed by atoms with Crippen molar-refractivity contribution in [3.05, 3.63) is 45.9 Å². The average molecular weight is 436 g/mol. The number of halogens is 3. The Bertz CT molecular complexity index is 1070. The summed E-state index contributed by atoms with van der Waals surface area (Å²) >= 11 is 0. The van der Waals surface area contributed by atoms with Gasteiger partial charge in [0.15, 0.2) is 5.65 Å². The molecule has 0 unspecified atom stereocenters. The molecule has 0 spiro atoms. The molecule has 0 aliphatic carbocycles. The number of hydrogen-bond donors (Lipinski definition) is 0. The van der Waals surface area contributed by atoms with Crippen molar-refractivity contribution in [3.8, 4) is 0 Å². The van der Waals surface area contributed by atoms with Gasteiger partial charge in [-0.3, -0.25) is 14.0 Å². The molecule has 0 aromatic carbocycles. The molecule has 0 aliphatic rings. The van der Waals surface area contributed by atoms with Gasteiger partial charge in [0.2, 0.25) is 0 Å². The fourth-order valence-electron chi connectivity index (χ4n) is 3.47. The minimum atomic E-state index is -4.59. The third-order valence-electron chi connectivity index (χ3n) is 5.15. The zero-order valence-electron chi connectivity index (χ0n) is 17.8. The second-order valence-electron chi connectivity index (χ2n) is 7.58. The monoisotopic (exact) mass is 436 g/mol. The highest BCUT2D eigenvalue weighted by Gasteiger charge is 2.33. The first-order valence-corrected chi connectivity index (χ1v) is 10.7. The molecule has 0 N–H and O–H groups in total. The topological polar surface area (TPSA) is 78.5 Å². The average Bonchev–Trinajstić information content (AvgIpc) is 3.18. The number of aryl methyl sites for hydroxylation is 2. The minimum absolute atomic E-state index is 0.0460. The van der Waals surface area contributed by atoms with Crippen LogP contribution < -0.4 is 5.56 Å². The molecule has 10 heteroatoms. The van der Waals surface area contributed by atoms with Crippen LogP contribution in [0.15, 0.2) is 23.1 Å². The van der Waals surface area contributed by atoms with Crippen molar-refractivity contribution in [3.63, 3.8) is 0 Å². The molecule has 3 rings (SSSR count). The Morgan fingerprint density at radius 2 is 1.74 bits per heavy atom. The van der Waals surface area contributed by atoms with E-state index in [2.05, 4.69) is 27.2 Å². The van der Waals surface area contributed by atoms with Crippen LogP contribution >= 0.6 is 0 Å². The molecular formula is C21H27F3N6O. The molecule has 31 heavy (non-hydrogen) atoms. The molecule has 0 aliphatic heterocycles. The molecule has 168 valence electrons. The van der Waals surface area contributed by atoms with Crippen molar-refractivity contribution < 1.29 is 13.2 Å². The number of nitrogens with zero attached hydrogens (tertiary/aromatic N) is 6. The van der Waals surface area contributed by atoms with Crippen molar-refractivity contribution in [2.45, 2.75) is 78.1 Å². The minimum Gasteiger partial charge on any atom is -0.290 e. The highest BCUT2D eigenvalue weighted by atomic mass is 19.4. The van der Waals surface area contributed by atoms with Gasteiger partial charge >= 0.3 is 6.18 Å². The van der Waals surface area contributed by atoms with Crippen LogP contribution in [0.5, 0.6) is 0 Å². The molecule has 0 saturated heterocycles. The SMILES string of the molecule is CCCCCCCCn1cc(Cn2c(CC)nc3nc(C(F)(F)F)ccc3c2=O)nn1. The summed E-state index contributed by atoms with van der Waals surface area (Å²) < 4.78 is 42.0. The predicted molar refractivity (Wildman–Crippen MR) is 111 cm³/mol. The number of rotatable bonds is 10. The van der Waals surface area contributed by atoms with Crippen LogP contribution in [0.4, 0.5) is 13.2 Å². The summed E-state index contributed by atoms with van der Waals surface area (Å²) in [5.41, 5.74) is -1.10. The van der Waals surface area contributed by atoms with E-state index >= 15 is 0 Å². The standard InChI is InChI=1S/C21H27F3N6O/c1-3-5-6-7-8-9-12-29-13-15(27-28-29)14-30-18(4-2)26-19-16(20(30)31)10-11-17(25-19)21(22,23)24/h10-11,13H,3-9,12,14H2,1-2H3. The van der Waals surface area contributed by atoms with Crippen LogP contribution in [-0.4, -0.2) is 29.5 Å². The molecule has 3 aromatic heterocycles. The van der Waals surface area contributed by atoms with E-state index in [1.54, 1.807) is 17.8 Å². The normalized spacial score (nSPS) is 12.0. The Hall–Kier alpha value is -2.78. The first kappa shape index (κ1) is 22.9. The maximum Gasteiger partial charge on any atom is 0.433 e. The molecule has 3 aromatic rings. The van der Waals surface area contributed by atoms with Crippen molar-refractivity contribution >= 4 is 11.0 Å². The van der Waals surface area contributed by atoms with Crippen molar-refractivity contribution in [1.29, 1.82) is 0 Å². The predicted octanol–water partition coefficient (Wildman–Crippen LogP) is 4.37. The van der Waals surface area contributed by atoms with Gasteiger partial charge in [-0.25, -0.2) is 9.97 Å². The Morgan fingerprint density at radius 1 is 1.00 bits per heavy atom. The van der Waals surface area contributed by atoms with E-state index in [9.17, 15) is 18.0 Å². The van der Waals surface area contributed by atoms with Crippen LogP contribution in [0, 0.1) is 0 Å². The number of hydrogen-bond acceptors (Lipinski definition) is 5. The zero-order valence-corrected chi connectivity index (χ0v) is 17.8. The third-order valence-corrected chi connectivity index (χ3v) is 5.15. The summed E-state index contributed by atoms with van der Waals surface area (Å²) in [5, 5.41) is 8.32. The van der Waals surface area contributed by atoms with Crippen LogP contribution in [0.1, 0.15) is 69.6 Å². The fraction of sp³-hybridized carbons (Fsp3) is 0.571. The van der Waals surface area contributed by atoms with Crippen molar-refractivity contribution in [2.24, 2.45) is 0 Å². The maximum absolute atomic E-state index is 12.9. The Labute approximate surface area is 178 Å². The number of aromatic nitrogens is 6. The third kappa shape index (κ3) is 5.68. The first-order chi connectivity index (χ1) is 14.8. The van der Waals surface area contributed by atoms with Crippen molar-refractivity contribution in [2.75, 3.05) is 0 Å². The molecule has 0 atom stereocenters. The van der Waals surface area contributed by atoms with E-state index in [1.807, 2.05) is 0 Å². The lowest BCUT2D eigenvalue weighted by molar-refractivity contribution is -0.141. The summed E-state index contributed by atoms with van der Waals surface area (Å²) in [7, 11) is 0. The van der Waals surface area contributed by atoms with Gasteiger partial charge in [0, 0.05) is 13.0 Å². The second kappa shape index (κ2) is 10.0. The molecule has 0 bridgehead atoms. The van der Waals surface area contributed by atoms with Gasteiger partial charge in [0.05, 0.1) is 18.1 Å². The zero-order chi connectivity index (χ0) is 22.4. The summed E-state index contributed by atoms with van der Waals surface area (Å²) in [6.07, 6.45) is 4.65. The van der Waals surface area contributed by atoms with Crippen LogP contribution in [0.3, 0.4) is 0 Å². The highest BCUT2D eigenvalue weighted by Crippen LogP contribution is 2.28. The molecule has 0 fully saturated rings. The lowest BCUT2D eigenvalue weighted by atomic mass is 10.1. The second-order valence-corrected chi connectivity index (χ2v) is 7.58. The lowest BCUT2D eigenvalue weighted by Crippen LogP contribution is -2.26. The van der Waals surface area contributed by atoms with E-state index in [1.165, 1.54) is 30.3 Å². The van der Waals surface area contributed by atoms with E-state index in [0.29, 0.717) is 17.9 Å². The summed E-state index contributed by atoms with van der Waals surface area (Å²) in [6.45, 7) is 4.89. The molecule has 7 nitrogen and oxygen atoms in total. The molecule has 0 radical (unpaired) electrons. The largest absolute Gasteiger partial charge is 0.433 e. The van der Waals surface area contributed by atoms with E-state index < -0.39 is 17.4 Å².